The standard InChI is InChI=1S/C62H82F2IN13O14S/c63-62(64)33-46(34-66)78(42-62)55(82)35-69-60(90)48-14-16-67-50-13-12-47(31-49(48)50)92-30-4-17-71-26-28-76(29-27-71)56(83)37-77-54(81)32-51(61(77)91)93-41-45(6-1-2-15-68-52(79)7-3-5-43-8-10-44(65)11-9-43)70-53(80)36-72-18-20-73(38-57(84)85)22-24-75(40-59(88)89)25-23-74(21-19-72)39-58(86)87/h8-14,16,31,45-46,51H,1-7,15,17-30,32-33,35-42H2,(H,68,79)(H,69,90)(H,70,80)(H,84,85)(H,86,87)(H,88,89)/t45-,46+,51?/m0/s1. The van der Waals surface area contributed by atoms with Gasteiger partial charge in [0.2, 0.25) is 35.4 Å². The van der Waals surface area contributed by atoms with Crippen molar-refractivity contribution in [1.29, 1.82) is 5.26 Å². The number of carboxylic acid groups (broad SMARTS) is 3. The molecule has 3 atom stereocenters. The van der Waals surface area contributed by atoms with Crippen LogP contribution in [0.5, 0.6) is 5.75 Å². The van der Waals surface area contributed by atoms with E-state index in [-0.39, 0.29) is 114 Å². The molecule has 7 rings (SSSR count). The fourth-order valence-electron chi connectivity index (χ4n) is 11.5. The highest BCUT2D eigenvalue weighted by atomic mass is 127. The van der Waals surface area contributed by atoms with Gasteiger partial charge in [-0.1, -0.05) is 12.1 Å². The molecule has 4 aliphatic rings. The number of amides is 7. The summed E-state index contributed by atoms with van der Waals surface area (Å²) in [5.74, 6) is -9.01. The van der Waals surface area contributed by atoms with Gasteiger partial charge in [-0.3, -0.25) is 82.3 Å². The number of rotatable bonds is 31. The lowest BCUT2D eigenvalue weighted by Gasteiger charge is -2.35. The summed E-state index contributed by atoms with van der Waals surface area (Å²) < 4.78 is 35.0. The van der Waals surface area contributed by atoms with Gasteiger partial charge < -0.3 is 45.8 Å². The summed E-state index contributed by atoms with van der Waals surface area (Å²) in [6.45, 7) is 1.82. The number of pyridine rings is 1. The highest BCUT2D eigenvalue weighted by Crippen LogP contribution is 2.32. The van der Waals surface area contributed by atoms with Crippen LogP contribution in [0.4, 0.5) is 8.78 Å². The van der Waals surface area contributed by atoms with E-state index in [9.17, 15) is 77.3 Å². The van der Waals surface area contributed by atoms with Crippen molar-refractivity contribution in [2.75, 3.05) is 150 Å². The number of hydrogen-bond acceptors (Lipinski definition) is 19. The number of imide groups is 1. The Morgan fingerprint density at radius 1 is 0.731 bits per heavy atom. The number of thioether (sulfide) groups is 1. The Bertz CT molecular complexity index is 3130. The average Bonchev–Trinajstić information content (AvgIpc) is 1.75. The number of halogens is 3. The van der Waals surface area contributed by atoms with Gasteiger partial charge in [0.1, 0.15) is 18.3 Å². The zero-order chi connectivity index (χ0) is 67.0. The van der Waals surface area contributed by atoms with Crippen molar-refractivity contribution in [2.24, 2.45) is 0 Å². The van der Waals surface area contributed by atoms with Gasteiger partial charge in [-0.15, -0.1) is 11.8 Å². The van der Waals surface area contributed by atoms with E-state index in [4.69, 9.17) is 4.74 Å². The first kappa shape index (κ1) is 73.2. The number of carbonyl (C=O) groups excluding carboxylic acids is 7. The van der Waals surface area contributed by atoms with Crippen molar-refractivity contribution in [1.82, 2.24) is 60.1 Å². The summed E-state index contributed by atoms with van der Waals surface area (Å²) in [4.78, 5) is 146. The van der Waals surface area contributed by atoms with E-state index in [0.717, 1.165) is 25.4 Å². The molecule has 0 radical (unpaired) electrons. The van der Waals surface area contributed by atoms with Gasteiger partial charge in [-0.05, 0) is 103 Å². The number of unbranched alkanes of at least 4 members (excludes halogenated alkanes) is 1. The number of aryl methyl sites for hydroxylation is 1. The van der Waals surface area contributed by atoms with Crippen LogP contribution in [-0.4, -0.2) is 292 Å². The molecule has 0 bridgehead atoms. The minimum Gasteiger partial charge on any atom is -0.494 e. The maximum atomic E-state index is 14.1. The second-order valence-electron chi connectivity index (χ2n) is 23.6. The van der Waals surface area contributed by atoms with Crippen LogP contribution in [0.3, 0.4) is 0 Å². The van der Waals surface area contributed by atoms with Crippen molar-refractivity contribution in [3.8, 4) is 11.8 Å². The van der Waals surface area contributed by atoms with Gasteiger partial charge in [-0.2, -0.15) is 5.26 Å². The van der Waals surface area contributed by atoms with Gasteiger partial charge in [0.15, 0.2) is 0 Å². The molecule has 0 spiro atoms. The molecule has 5 heterocycles. The highest BCUT2D eigenvalue weighted by Gasteiger charge is 2.47. The quantitative estimate of drug-likeness (QED) is 0.0301. The van der Waals surface area contributed by atoms with E-state index < -0.39 is 90.8 Å². The number of fused-ring (bicyclic) bond motifs is 1. The number of carbonyl (C=O) groups is 10. The number of likely N-dealkylation sites (tertiary alicyclic amines) is 2. The summed E-state index contributed by atoms with van der Waals surface area (Å²) in [7, 11) is 0. The Morgan fingerprint density at radius 2 is 1.34 bits per heavy atom. The van der Waals surface area contributed by atoms with E-state index in [2.05, 4.69) is 48.4 Å². The molecule has 2 aromatic carbocycles. The molecule has 7 amide bonds. The van der Waals surface area contributed by atoms with Crippen LogP contribution < -0.4 is 20.7 Å². The topological polar surface area (TPSA) is 339 Å². The minimum atomic E-state index is -3.19. The molecule has 0 aliphatic carbocycles. The number of aliphatic carboxylic acids is 3. The smallest absolute Gasteiger partial charge is 0.317 e. The molecule has 31 heteroatoms. The molecule has 506 valence electrons. The van der Waals surface area contributed by atoms with Crippen LogP contribution >= 0.6 is 34.4 Å². The van der Waals surface area contributed by atoms with Crippen LogP contribution in [-0.2, 0) is 49.6 Å². The number of piperazine rings is 1. The second kappa shape index (κ2) is 36.4. The van der Waals surface area contributed by atoms with Crippen molar-refractivity contribution in [3.05, 3.63) is 69.4 Å². The van der Waals surface area contributed by atoms with Crippen molar-refractivity contribution in [3.63, 3.8) is 0 Å². The number of carboxylic acids is 3. The SMILES string of the molecule is N#C[C@H]1CC(F)(F)CN1C(=O)CNC(=O)c1ccnc2ccc(OCCCN3CCN(C(=O)CN4C(=O)CC(SC[C@H](CCCCNC(=O)CCCc5ccc(I)cc5)NC(=O)CN5CCN(CC(=O)O)CCN(CC(=O)O)CCN(CC(=O)O)CC5)C4=O)CC3)cc12. The number of hydrogen-bond donors (Lipinski definition) is 6. The molecule has 4 aliphatic heterocycles. The van der Waals surface area contributed by atoms with Crippen LogP contribution in [0.2, 0.25) is 0 Å². The Morgan fingerprint density at radius 3 is 1.96 bits per heavy atom. The zero-order valence-corrected chi connectivity index (χ0v) is 54.9. The number of nitrogens with one attached hydrogen (secondary N) is 3. The zero-order valence-electron chi connectivity index (χ0n) is 51.9. The van der Waals surface area contributed by atoms with E-state index in [0.29, 0.717) is 101 Å². The van der Waals surface area contributed by atoms with Crippen LogP contribution in [0.1, 0.15) is 67.3 Å². The number of nitriles is 1. The number of ether oxygens (including phenoxy) is 1. The van der Waals surface area contributed by atoms with E-state index in [1.54, 1.807) is 43.9 Å². The Hall–Kier alpha value is -7.22. The number of benzene rings is 2. The Labute approximate surface area is 555 Å². The molecule has 6 N–H and O–H groups in total. The largest absolute Gasteiger partial charge is 0.494 e. The summed E-state index contributed by atoms with van der Waals surface area (Å²) in [5.41, 5.74) is 1.80. The third-order valence-corrected chi connectivity index (χ3v) is 18.6. The first-order valence-electron chi connectivity index (χ1n) is 31.2. The van der Waals surface area contributed by atoms with Gasteiger partial charge >= 0.3 is 17.9 Å². The fraction of sp³-hybridized carbons (Fsp3) is 0.581. The van der Waals surface area contributed by atoms with Crippen LogP contribution in [0, 0.1) is 14.9 Å². The lowest BCUT2D eigenvalue weighted by atomic mass is 10.1. The number of aromatic nitrogens is 1. The predicted octanol–water partition coefficient (Wildman–Crippen LogP) is 1.37. The van der Waals surface area contributed by atoms with Crippen LogP contribution in [0.15, 0.2) is 54.7 Å². The molecule has 4 saturated heterocycles. The molecule has 93 heavy (non-hydrogen) atoms. The number of alkyl halides is 2. The second-order valence-corrected chi connectivity index (χ2v) is 26.1. The van der Waals surface area contributed by atoms with Gasteiger partial charge in [0, 0.05) is 138 Å². The first-order chi connectivity index (χ1) is 44.5. The first-order valence-corrected chi connectivity index (χ1v) is 33.3. The molecule has 27 nitrogen and oxygen atoms in total. The van der Waals surface area contributed by atoms with E-state index in [1.807, 2.05) is 29.2 Å². The molecule has 1 unspecified atom stereocenters. The fourth-order valence-corrected chi connectivity index (χ4v) is 13.1. The molecular weight excluding hydrogens is 1350 g/mol. The summed E-state index contributed by atoms with van der Waals surface area (Å²) in [6.07, 6.45) is 4.55. The maximum Gasteiger partial charge on any atom is 0.317 e. The summed E-state index contributed by atoms with van der Waals surface area (Å²) in [5, 5.41) is 46.4. The molecule has 1 aromatic heterocycles. The van der Waals surface area contributed by atoms with Crippen molar-refractivity contribution >= 4 is 105 Å². The predicted molar refractivity (Wildman–Crippen MR) is 345 cm³/mol. The monoisotopic (exact) mass is 1430 g/mol. The van der Waals surface area contributed by atoms with Gasteiger partial charge in [-0.25, -0.2) is 8.78 Å². The minimum absolute atomic E-state index is 0.0724. The maximum absolute atomic E-state index is 14.1. The lowest BCUT2D eigenvalue weighted by Crippen LogP contribution is -2.52. The molecule has 4 fully saturated rings. The van der Waals surface area contributed by atoms with E-state index in [1.165, 1.54) is 24.0 Å². The summed E-state index contributed by atoms with van der Waals surface area (Å²) in [6, 6.07) is 14.5. The third-order valence-electron chi connectivity index (χ3n) is 16.5. The average molecular weight is 1430 g/mol. The lowest BCUT2D eigenvalue weighted by molar-refractivity contribution is -0.146. The van der Waals surface area contributed by atoms with Gasteiger partial charge in [0.05, 0.1) is 68.3 Å². The summed E-state index contributed by atoms with van der Waals surface area (Å²) >= 11 is 3.45. The molecular formula is C62H82F2IN13O14S. The van der Waals surface area contributed by atoms with Gasteiger partial charge in [0.25, 0.3) is 11.8 Å². The number of nitrogens with zero attached hydrogens (tertiary/aromatic N) is 10. The highest BCUT2D eigenvalue weighted by molar-refractivity contribution is 14.1. The normalized spacial score (nSPS) is 19.3. The van der Waals surface area contributed by atoms with E-state index >= 15 is 0 Å². The van der Waals surface area contributed by atoms with Crippen molar-refractivity contribution in [2.45, 2.75) is 81.0 Å². The van der Waals surface area contributed by atoms with Crippen LogP contribution in [0.25, 0.3) is 10.9 Å². The third kappa shape index (κ3) is 24.3. The molecule has 0 saturated carbocycles. The Kier molecular flexibility index (Phi) is 28.7. The Balaban J connectivity index is 0.878. The van der Waals surface area contributed by atoms with Crippen molar-refractivity contribution < 1.29 is 76.8 Å². The molecule has 3 aromatic rings.